The van der Waals surface area contributed by atoms with Crippen molar-refractivity contribution in [3.8, 4) is 0 Å². The number of aromatic nitrogens is 2. The highest BCUT2D eigenvalue weighted by atomic mass is 19.4. The Morgan fingerprint density at radius 2 is 1.85 bits per heavy atom. The van der Waals surface area contributed by atoms with Crippen molar-refractivity contribution in [2.45, 2.75) is 25.6 Å². The molecule has 6 heteroatoms. The Labute approximate surface area is 114 Å². The highest BCUT2D eigenvalue weighted by molar-refractivity contribution is 5.26. The molecule has 0 aliphatic rings. The zero-order valence-corrected chi connectivity index (χ0v) is 11.1. The first-order chi connectivity index (χ1) is 9.27. The summed E-state index contributed by atoms with van der Waals surface area (Å²) in [6.45, 7) is 1.81. The third kappa shape index (κ3) is 3.19. The van der Waals surface area contributed by atoms with E-state index in [2.05, 4.69) is 5.10 Å². The van der Waals surface area contributed by atoms with Gasteiger partial charge in [0.15, 0.2) is 0 Å². The Kier molecular flexibility index (Phi) is 3.85. The molecule has 1 atom stereocenters. The van der Waals surface area contributed by atoms with Crippen LogP contribution in [-0.4, -0.2) is 14.9 Å². The summed E-state index contributed by atoms with van der Waals surface area (Å²) >= 11 is 0. The van der Waals surface area contributed by atoms with Crippen LogP contribution >= 0.6 is 0 Å². The first kappa shape index (κ1) is 14.6. The van der Waals surface area contributed by atoms with Gasteiger partial charge in [-0.15, -0.1) is 0 Å². The molecular weight excluding hydrogens is 269 g/mol. The Balaban J connectivity index is 2.12. The number of aliphatic hydroxyl groups is 1. The lowest BCUT2D eigenvalue weighted by molar-refractivity contribution is -0.137. The number of benzene rings is 1. The molecule has 0 saturated heterocycles. The fourth-order valence-corrected chi connectivity index (χ4v) is 2.10. The zero-order valence-electron chi connectivity index (χ0n) is 11.1. The molecule has 0 saturated carbocycles. The summed E-state index contributed by atoms with van der Waals surface area (Å²) in [6.07, 6.45) is -4.88. The van der Waals surface area contributed by atoms with Crippen LogP contribution in [0.3, 0.4) is 0 Å². The predicted octanol–water partition coefficient (Wildman–Crippen LogP) is 3.02. The maximum atomic E-state index is 12.4. The number of rotatable bonds is 3. The minimum absolute atomic E-state index is 0.247. The molecule has 0 spiro atoms. The Hall–Kier alpha value is -1.82. The largest absolute Gasteiger partial charge is 0.416 e. The lowest BCUT2D eigenvalue weighted by atomic mass is 10.0. The quantitative estimate of drug-likeness (QED) is 0.940. The molecule has 0 amide bonds. The van der Waals surface area contributed by atoms with Crippen LogP contribution in [-0.2, 0) is 19.6 Å². The summed E-state index contributed by atoms with van der Waals surface area (Å²) in [4.78, 5) is 0. The summed E-state index contributed by atoms with van der Waals surface area (Å²) in [5.74, 6) is 0. The van der Waals surface area contributed by atoms with E-state index < -0.39 is 17.8 Å². The van der Waals surface area contributed by atoms with Crippen molar-refractivity contribution in [1.29, 1.82) is 0 Å². The maximum absolute atomic E-state index is 12.4. The number of aliphatic hydroxyl groups excluding tert-OH is 1. The molecule has 0 fully saturated rings. The molecule has 1 aromatic heterocycles. The van der Waals surface area contributed by atoms with Gasteiger partial charge in [-0.1, -0.05) is 12.1 Å². The lowest BCUT2D eigenvalue weighted by Crippen LogP contribution is -2.09. The van der Waals surface area contributed by atoms with Crippen LogP contribution in [0.15, 0.2) is 30.3 Å². The molecule has 3 nitrogen and oxygen atoms in total. The molecule has 1 N–H and O–H groups in total. The van der Waals surface area contributed by atoms with E-state index in [1.165, 1.54) is 12.1 Å². The normalized spacial score (nSPS) is 13.5. The minimum atomic E-state index is -4.34. The van der Waals surface area contributed by atoms with Gasteiger partial charge in [-0.3, -0.25) is 4.68 Å². The monoisotopic (exact) mass is 284 g/mol. The maximum Gasteiger partial charge on any atom is 0.416 e. The van der Waals surface area contributed by atoms with Crippen LogP contribution in [0.1, 0.15) is 28.6 Å². The van der Waals surface area contributed by atoms with Crippen molar-refractivity contribution in [3.05, 3.63) is 52.8 Å². The SMILES string of the molecule is Cc1cc(C(O)Cc2ccc(C(F)(F)F)cc2)n(C)n1. The molecule has 0 aliphatic carbocycles. The summed E-state index contributed by atoms with van der Waals surface area (Å²) in [7, 11) is 1.72. The van der Waals surface area contributed by atoms with Gasteiger partial charge in [0.2, 0.25) is 0 Å². The molecule has 1 aromatic carbocycles. The predicted molar refractivity (Wildman–Crippen MR) is 68.1 cm³/mol. The molecule has 1 unspecified atom stereocenters. The molecule has 108 valence electrons. The Bertz CT molecular complexity index is 587. The van der Waals surface area contributed by atoms with Gasteiger partial charge in [0.1, 0.15) is 0 Å². The highest BCUT2D eigenvalue weighted by Crippen LogP contribution is 2.29. The van der Waals surface area contributed by atoms with E-state index >= 15 is 0 Å². The van der Waals surface area contributed by atoms with E-state index in [9.17, 15) is 18.3 Å². The summed E-state index contributed by atoms with van der Waals surface area (Å²) in [5.41, 5.74) is 1.38. The van der Waals surface area contributed by atoms with Gasteiger partial charge in [-0.05, 0) is 30.7 Å². The van der Waals surface area contributed by atoms with Gasteiger partial charge in [0.05, 0.1) is 23.1 Å². The van der Waals surface area contributed by atoms with Crippen molar-refractivity contribution in [3.63, 3.8) is 0 Å². The van der Waals surface area contributed by atoms with Crippen LogP contribution < -0.4 is 0 Å². The third-order valence-electron chi connectivity index (χ3n) is 3.09. The summed E-state index contributed by atoms with van der Waals surface area (Å²) < 4.78 is 38.9. The molecule has 2 aromatic rings. The van der Waals surface area contributed by atoms with Crippen molar-refractivity contribution >= 4 is 0 Å². The molecule has 0 radical (unpaired) electrons. The van der Waals surface area contributed by atoms with Gasteiger partial charge in [0.25, 0.3) is 0 Å². The van der Waals surface area contributed by atoms with Crippen molar-refractivity contribution in [1.82, 2.24) is 9.78 Å². The molecule has 20 heavy (non-hydrogen) atoms. The van der Waals surface area contributed by atoms with Gasteiger partial charge >= 0.3 is 6.18 Å². The van der Waals surface area contributed by atoms with Gasteiger partial charge in [-0.25, -0.2) is 0 Å². The molecular formula is C14H15F3N2O. The number of hydrogen-bond acceptors (Lipinski definition) is 2. The van der Waals surface area contributed by atoms with E-state index in [1.54, 1.807) is 17.8 Å². The fourth-order valence-electron chi connectivity index (χ4n) is 2.10. The minimum Gasteiger partial charge on any atom is -0.386 e. The van der Waals surface area contributed by atoms with Crippen LogP contribution in [0.5, 0.6) is 0 Å². The lowest BCUT2D eigenvalue weighted by Gasteiger charge is -2.12. The summed E-state index contributed by atoms with van der Waals surface area (Å²) in [5, 5.41) is 14.2. The molecule has 2 rings (SSSR count). The number of alkyl halides is 3. The second-order valence-corrected chi connectivity index (χ2v) is 4.75. The Morgan fingerprint density at radius 1 is 1.25 bits per heavy atom. The summed E-state index contributed by atoms with van der Waals surface area (Å²) in [6, 6.07) is 6.58. The van der Waals surface area contributed by atoms with E-state index in [0.29, 0.717) is 11.3 Å². The second kappa shape index (κ2) is 5.28. The topological polar surface area (TPSA) is 38.0 Å². The van der Waals surface area contributed by atoms with Crippen molar-refractivity contribution < 1.29 is 18.3 Å². The van der Waals surface area contributed by atoms with Crippen LogP contribution in [0.4, 0.5) is 13.2 Å². The fraction of sp³-hybridized carbons (Fsp3) is 0.357. The van der Waals surface area contributed by atoms with Crippen LogP contribution in [0.25, 0.3) is 0 Å². The first-order valence-electron chi connectivity index (χ1n) is 6.12. The van der Waals surface area contributed by atoms with E-state index in [0.717, 1.165) is 17.8 Å². The third-order valence-corrected chi connectivity index (χ3v) is 3.09. The van der Waals surface area contributed by atoms with Gasteiger partial charge in [0, 0.05) is 13.5 Å². The van der Waals surface area contributed by atoms with Crippen molar-refractivity contribution in [2.24, 2.45) is 7.05 Å². The zero-order chi connectivity index (χ0) is 14.9. The first-order valence-corrected chi connectivity index (χ1v) is 6.12. The number of hydrogen-bond donors (Lipinski definition) is 1. The molecule has 0 aliphatic heterocycles. The number of nitrogens with zero attached hydrogens (tertiary/aromatic N) is 2. The smallest absolute Gasteiger partial charge is 0.386 e. The average molecular weight is 284 g/mol. The van der Waals surface area contributed by atoms with Gasteiger partial charge < -0.3 is 5.11 Å². The van der Waals surface area contributed by atoms with Crippen molar-refractivity contribution in [2.75, 3.05) is 0 Å². The van der Waals surface area contributed by atoms with Crippen LogP contribution in [0.2, 0.25) is 0 Å². The van der Waals surface area contributed by atoms with E-state index in [4.69, 9.17) is 0 Å². The van der Waals surface area contributed by atoms with Crippen LogP contribution in [0, 0.1) is 6.92 Å². The number of halogens is 3. The molecule has 1 heterocycles. The van der Waals surface area contributed by atoms with Gasteiger partial charge in [-0.2, -0.15) is 18.3 Å². The standard InChI is InChI=1S/C14H15F3N2O/c1-9-7-12(19(2)18-9)13(20)8-10-3-5-11(6-4-10)14(15,16)17/h3-7,13,20H,8H2,1-2H3. The Morgan fingerprint density at radius 3 is 2.30 bits per heavy atom. The number of aryl methyl sites for hydroxylation is 2. The highest BCUT2D eigenvalue weighted by Gasteiger charge is 2.30. The van der Waals surface area contributed by atoms with E-state index in [-0.39, 0.29) is 6.42 Å². The molecule has 0 bridgehead atoms. The van der Waals surface area contributed by atoms with E-state index in [1.807, 2.05) is 6.92 Å². The second-order valence-electron chi connectivity index (χ2n) is 4.75. The average Bonchev–Trinajstić information content (AvgIpc) is 2.68.